The number of hydrogen-bond donors (Lipinski definition) is 2. The lowest BCUT2D eigenvalue weighted by atomic mass is 10.1. The van der Waals surface area contributed by atoms with Gasteiger partial charge >= 0.3 is 6.03 Å². The van der Waals surface area contributed by atoms with E-state index in [4.69, 9.17) is 14.2 Å². The highest BCUT2D eigenvalue weighted by atomic mass is 16.7. The third-order valence-electron chi connectivity index (χ3n) is 4.35. The Morgan fingerprint density at radius 3 is 2.64 bits per heavy atom. The number of urea groups is 1. The number of carbonyl (C=O) groups excluding carboxylic acids is 1. The minimum absolute atomic E-state index is 0.130. The Kier molecular flexibility index (Phi) is 5.99. The van der Waals surface area contributed by atoms with Crippen LogP contribution in [0.4, 0.5) is 4.79 Å². The predicted molar refractivity (Wildman–Crippen MR) is 94.1 cm³/mol. The molecule has 2 aliphatic heterocycles. The van der Waals surface area contributed by atoms with Gasteiger partial charge in [-0.1, -0.05) is 6.07 Å². The van der Waals surface area contributed by atoms with Crippen molar-refractivity contribution in [3.05, 3.63) is 23.8 Å². The van der Waals surface area contributed by atoms with Crippen molar-refractivity contribution >= 4 is 6.03 Å². The van der Waals surface area contributed by atoms with Gasteiger partial charge in [-0.15, -0.1) is 0 Å². The zero-order valence-electron chi connectivity index (χ0n) is 14.9. The van der Waals surface area contributed by atoms with Crippen LogP contribution in [0.5, 0.6) is 11.5 Å². The fraction of sp³-hybridized carbons (Fsp3) is 0.611. The van der Waals surface area contributed by atoms with Crippen LogP contribution in [0, 0.1) is 0 Å². The van der Waals surface area contributed by atoms with Crippen LogP contribution in [0.3, 0.4) is 0 Å². The first kappa shape index (κ1) is 17.8. The number of amides is 2. The van der Waals surface area contributed by atoms with E-state index >= 15 is 0 Å². The van der Waals surface area contributed by atoms with Crippen molar-refractivity contribution in [2.45, 2.75) is 32.5 Å². The Balaban J connectivity index is 1.30. The molecule has 2 heterocycles. The lowest BCUT2D eigenvalue weighted by Crippen LogP contribution is -2.48. The van der Waals surface area contributed by atoms with Gasteiger partial charge in [0.25, 0.3) is 0 Å². The highest BCUT2D eigenvalue weighted by molar-refractivity contribution is 5.73. The number of benzene rings is 1. The normalized spacial score (nSPS) is 22.6. The van der Waals surface area contributed by atoms with Gasteiger partial charge in [-0.25, -0.2) is 4.79 Å². The topological polar surface area (TPSA) is 72.1 Å². The molecule has 0 radical (unpaired) electrons. The second-order valence-electron chi connectivity index (χ2n) is 6.64. The number of fused-ring (bicyclic) bond motifs is 1. The number of nitrogens with one attached hydrogen (secondary N) is 2. The summed E-state index contributed by atoms with van der Waals surface area (Å²) in [6, 6.07) is 5.73. The summed E-state index contributed by atoms with van der Waals surface area (Å²) in [5.41, 5.74) is 1.11. The van der Waals surface area contributed by atoms with E-state index in [0.717, 1.165) is 43.1 Å². The molecule has 2 atom stereocenters. The smallest absolute Gasteiger partial charge is 0.314 e. The first-order valence-corrected chi connectivity index (χ1v) is 8.88. The zero-order valence-corrected chi connectivity index (χ0v) is 14.9. The second-order valence-corrected chi connectivity index (χ2v) is 6.64. The molecule has 7 heteroatoms. The van der Waals surface area contributed by atoms with Gasteiger partial charge in [0.15, 0.2) is 11.5 Å². The Bertz CT molecular complexity index is 586. The molecule has 1 fully saturated rings. The summed E-state index contributed by atoms with van der Waals surface area (Å²) in [6.07, 6.45) is 1.25. The monoisotopic (exact) mass is 349 g/mol. The molecule has 0 saturated carbocycles. The van der Waals surface area contributed by atoms with Gasteiger partial charge in [0, 0.05) is 32.7 Å². The fourth-order valence-electron chi connectivity index (χ4n) is 3.27. The number of morpholine rings is 1. The van der Waals surface area contributed by atoms with E-state index in [1.54, 1.807) is 0 Å². The molecule has 0 unspecified atom stereocenters. The van der Waals surface area contributed by atoms with Crippen molar-refractivity contribution in [3.8, 4) is 11.5 Å². The van der Waals surface area contributed by atoms with Crippen LogP contribution in [-0.4, -0.2) is 62.7 Å². The van der Waals surface area contributed by atoms with Crippen molar-refractivity contribution in [1.82, 2.24) is 15.5 Å². The van der Waals surface area contributed by atoms with Gasteiger partial charge in [0.1, 0.15) is 0 Å². The average Bonchev–Trinajstić information content (AvgIpc) is 3.01. The van der Waals surface area contributed by atoms with Crippen molar-refractivity contribution in [2.24, 2.45) is 0 Å². The lowest BCUT2D eigenvalue weighted by molar-refractivity contribution is -0.0672. The summed E-state index contributed by atoms with van der Waals surface area (Å²) in [6.45, 7) is 8.33. The van der Waals surface area contributed by atoms with E-state index in [0.29, 0.717) is 13.1 Å². The first-order chi connectivity index (χ1) is 12.1. The maximum absolute atomic E-state index is 11.9. The molecule has 2 aliphatic rings. The summed E-state index contributed by atoms with van der Waals surface area (Å²) < 4.78 is 16.4. The second kappa shape index (κ2) is 8.40. The van der Waals surface area contributed by atoms with E-state index in [9.17, 15) is 4.79 Å². The summed E-state index contributed by atoms with van der Waals surface area (Å²) in [7, 11) is 0. The Hall–Kier alpha value is -1.99. The van der Waals surface area contributed by atoms with E-state index in [-0.39, 0.29) is 25.0 Å². The number of ether oxygens (including phenoxy) is 3. The molecule has 1 aromatic carbocycles. The Morgan fingerprint density at radius 2 is 1.84 bits per heavy atom. The first-order valence-electron chi connectivity index (χ1n) is 8.88. The third kappa shape index (κ3) is 5.24. The molecule has 2 amide bonds. The summed E-state index contributed by atoms with van der Waals surface area (Å²) in [4.78, 5) is 14.2. The van der Waals surface area contributed by atoms with Crippen LogP contribution < -0.4 is 20.1 Å². The van der Waals surface area contributed by atoms with Crippen LogP contribution in [0.1, 0.15) is 19.4 Å². The molecular formula is C18H27N3O4. The number of hydrogen-bond acceptors (Lipinski definition) is 5. The maximum Gasteiger partial charge on any atom is 0.314 e. The van der Waals surface area contributed by atoms with E-state index in [1.807, 2.05) is 18.2 Å². The number of rotatable bonds is 6. The molecule has 0 spiro atoms. The zero-order chi connectivity index (χ0) is 17.6. The fourth-order valence-corrected chi connectivity index (χ4v) is 3.27. The quantitative estimate of drug-likeness (QED) is 0.812. The van der Waals surface area contributed by atoms with Crippen LogP contribution in [0.2, 0.25) is 0 Å². The SMILES string of the molecule is C[C@H]1CN(CCNC(=O)NCCc2ccc3c(c2)OCO3)C[C@H](C)O1. The molecular weight excluding hydrogens is 322 g/mol. The summed E-state index contributed by atoms with van der Waals surface area (Å²) in [5.74, 6) is 1.55. The summed E-state index contributed by atoms with van der Waals surface area (Å²) in [5, 5.41) is 5.80. The number of carbonyl (C=O) groups is 1. The van der Waals surface area contributed by atoms with Gasteiger partial charge in [0.05, 0.1) is 12.2 Å². The van der Waals surface area contributed by atoms with Crippen molar-refractivity contribution < 1.29 is 19.0 Å². The molecule has 0 aliphatic carbocycles. The molecule has 0 aromatic heterocycles. The Morgan fingerprint density at radius 1 is 1.12 bits per heavy atom. The highest BCUT2D eigenvalue weighted by Gasteiger charge is 2.21. The number of nitrogens with zero attached hydrogens (tertiary/aromatic N) is 1. The minimum atomic E-state index is -0.130. The van der Waals surface area contributed by atoms with E-state index in [2.05, 4.69) is 29.4 Å². The average molecular weight is 349 g/mol. The molecule has 7 nitrogen and oxygen atoms in total. The van der Waals surface area contributed by atoms with Crippen molar-refractivity contribution in [1.29, 1.82) is 0 Å². The molecule has 138 valence electrons. The largest absolute Gasteiger partial charge is 0.454 e. The molecule has 25 heavy (non-hydrogen) atoms. The van der Waals surface area contributed by atoms with Gasteiger partial charge in [-0.3, -0.25) is 4.90 Å². The molecule has 2 N–H and O–H groups in total. The van der Waals surface area contributed by atoms with Gasteiger partial charge < -0.3 is 24.8 Å². The molecule has 0 bridgehead atoms. The van der Waals surface area contributed by atoms with Gasteiger partial charge in [-0.2, -0.15) is 0 Å². The van der Waals surface area contributed by atoms with Crippen LogP contribution >= 0.6 is 0 Å². The summed E-state index contributed by atoms with van der Waals surface area (Å²) >= 11 is 0. The van der Waals surface area contributed by atoms with Crippen molar-refractivity contribution in [3.63, 3.8) is 0 Å². The maximum atomic E-state index is 11.9. The van der Waals surface area contributed by atoms with Gasteiger partial charge in [-0.05, 0) is 38.0 Å². The Labute approximate surface area is 148 Å². The van der Waals surface area contributed by atoms with E-state index in [1.165, 1.54) is 0 Å². The van der Waals surface area contributed by atoms with Crippen molar-refractivity contribution in [2.75, 3.05) is 39.5 Å². The van der Waals surface area contributed by atoms with Gasteiger partial charge in [0.2, 0.25) is 6.79 Å². The highest BCUT2D eigenvalue weighted by Crippen LogP contribution is 2.32. The standard InChI is InChI=1S/C18H27N3O4/c1-13-10-21(11-14(2)25-13)8-7-20-18(22)19-6-5-15-3-4-16-17(9-15)24-12-23-16/h3-4,9,13-14H,5-8,10-12H2,1-2H3,(H2,19,20,22)/t13-,14-/m0/s1. The lowest BCUT2D eigenvalue weighted by Gasteiger charge is -2.35. The molecule has 3 rings (SSSR count). The van der Waals surface area contributed by atoms with Crippen LogP contribution in [0.25, 0.3) is 0 Å². The predicted octanol–water partition coefficient (Wildman–Crippen LogP) is 1.37. The van der Waals surface area contributed by atoms with Crippen LogP contribution in [0.15, 0.2) is 18.2 Å². The van der Waals surface area contributed by atoms with Crippen LogP contribution in [-0.2, 0) is 11.2 Å². The van der Waals surface area contributed by atoms with E-state index < -0.39 is 0 Å². The molecule has 1 aromatic rings. The molecule has 1 saturated heterocycles. The third-order valence-corrected chi connectivity index (χ3v) is 4.35. The minimum Gasteiger partial charge on any atom is -0.454 e.